The molecular weight excluding hydrogens is 785 g/mol. The fourth-order valence-corrected chi connectivity index (χ4v) is 3.23. The summed E-state index contributed by atoms with van der Waals surface area (Å²) in [6.45, 7) is 30.3. The molecule has 0 aliphatic rings. The Labute approximate surface area is 363 Å². The molecule has 0 aliphatic carbocycles. The van der Waals surface area contributed by atoms with E-state index in [0.29, 0.717) is 23.1 Å². The highest BCUT2D eigenvalue weighted by molar-refractivity contribution is 7.82. The molecule has 14 heteroatoms. The lowest BCUT2D eigenvalue weighted by Crippen LogP contribution is -2.37. The molecule has 0 heterocycles. The van der Waals surface area contributed by atoms with E-state index in [2.05, 4.69) is 165 Å². The summed E-state index contributed by atoms with van der Waals surface area (Å²) in [5.41, 5.74) is 0. The van der Waals surface area contributed by atoms with Crippen LogP contribution in [0.15, 0.2) is 0 Å². The lowest BCUT2D eigenvalue weighted by Gasteiger charge is -2.23. The maximum atomic E-state index is 10.4. The van der Waals surface area contributed by atoms with Crippen LogP contribution in [0.5, 0.6) is 0 Å². The normalized spacial score (nSPS) is 13.2. The third kappa shape index (κ3) is 79.9. The van der Waals surface area contributed by atoms with E-state index in [1.165, 1.54) is 59.3 Å². The Bertz CT molecular complexity index is 749. The van der Waals surface area contributed by atoms with Gasteiger partial charge in [0, 0.05) is 65.0 Å². The molecule has 0 radical (unpaired) electrons. The molecule has 4 N–H and O–H groups in total. The molecule has 0 saturated carbocycles. The summed E-state index contributed by atoms with van der Waals surface area (Å²) in [4.78, 5) is 30.2. The van der Waals surface area contributed by atoms with E-state index in [9.17, 15) is 14.4 Å². The molecule has 0 aromatic carbocycles. The minimum atomic E-state index is -0.444. The molecule has 0 aliphatic heterocycles. The zero-order valence-electron chi connectivity index (χ0n) is 36.2. The summed E-state index contributed by atoms with van der Waals surface area (Å²) >= 11 is 28.3. The Kier molecular flexibility index (Phi) is 63.4. The summed E-state index contributed by atoms with van der Waals surface area (Å²) in [5, 5.41) is 13.4. The summed E-state index contributed by atoms with van der Waals surface area (Å²) in [7, 11) is 3.85. The quantitative estimate of drug-likeness (QED) is 0.0592. The van der Waals surface area contributed by atoms with Crippen LogP contribution < -0.4 is 21.3 Å². The summed E-state index contributed by atoms with van der Waals surface area (Å²) < 4.78 is -0.332. The molecule has 52 heavy (non-hydrogen) atoms. The second-order valence-corrected chi connectivity index (χ2v) is 18.8. The average molecular weight is 874 g/mol. The number of thiol groups is 7. The number of nitrogens with one attached hydrogen (secondary N) is 4. The number of Topliss-reactive ketones (excluding diaryl/α,β-unsaturated/α-hetero) is 3. The van der Waals surface area contributed by atoms with Crippen molar-refractivity contribution >= 4 is 106 Å². The highest BCUT2D eigenvalue weighted by atomic mass is 32.1. The van der Waals surface area contributed by atoms with E-state index in [1.807, 2.05) is 14.1 Å². The first-order valence-corrected chi connectivity index (χ1v) is 22.5. The SMILES string of the molecule is CC(=O)C(C)(C)S.CC(=O)C(C)S.CC(=O)CS.CCCC(CC)NCC(C)(C)S.CCCC(CC)NCCS.CNC(C)CS.CNCC(C)S. The maximum Gasteiger partial charge on any atom is 0.144 e. The third-order valence-corrected chi connectivity index (χ3v) is 8.80. The lowest BCUT2D eigenvalue weighted by molar-refractivity contribution is -0.118. The number of ketones is 3. The molecule has 0 rings (SSSR count). The Hall–Kier alpha value is 1.30. The van der Waals surface area contributed by atoms with Crippen LogP contribution >= 0.6 is 88.4 Å². The Morgan fingerprint density at radius 1 is 0.731 bits per heavy atom. The first-order chi connectivity index (χ1) is 23.8. The van der Waals surface area contributed by atoms with Crippen molar-refractivity contribution in [2.75, 3.05) is 51.0 Å². The van der Waals surface area contributed by atoms with Gasteiger partial charge in [0.1, 0.15) is 17.3 Å². The van der Waals surface area contributed by atoms with Gasteiger partial charge in [0.2, 0.25) is 0 Å². The Morgan fingerprint density at radius 2 is 1.10 bits per heavy atom. The number of carbonyl (C=O) groups is 3. The van der Waals surface area contributed by atoms with Crippen LogP contribution in [0.25, 0.3) is 0 Å². The van der Waals surface area contributed by atoms with Crippen LogP contribution in [0, 0.1) is 0 Å². The van der Waals surface area contributed by atoms with Crippen molar-refractivity contribution in [1.82, 2.24) is 21.3 Å². The van der Waals surface area contributed by atoms with Crippen LogP contribution in [-0.4, -0.2) is 106 Å². The zero-order valence-corrected chi connectivity index (χ0v) is 42.5. The molecule has 5 atom stereocenters. The molecule has 0 bridgehead atoms. The molecule has 0 aromatic heterocycles. The van der Waals surface area contributed by atoms with Crippen molar-refractivity contribution in [3.05, 3.63) is 0 Å². The Morgan fingerprint density at radius 3 is 1.23 bits per heavy atom. The standard InChI is InChI=1S/C10H23NS.C8H19NS.C5H10OS.2C4H11NS.C4H8OS.C3H6OS/c1-5-7-9(6-2)11-8-10(3,4)12;1-3-5-8(4-2)9-6-7-10;1-4(6)5(2,3)7;1-4(3-6)5-2;1-4(6)3-5-2;1-3(5)4(2)6;1-3(4)2-5/h9,11-12H,5-8H2,1-4H3;8-10H,3-7H2,1-2H3;7H,1-3H3;2*4-6H,3H2,1-2H3;4,6H,1-2H3;5H,2H2,1H3. The molecule has 0 saturated heterocycles. The second-order valence-electron chi connectivity index (χ2n) is 13.7. The average Bonchev–Trinajstić information content (AvgIpc) is 3.05. The van der Waals surface area contributed by atoms with Crippen molar-refractivity contribution in [2.24, 2.45) is 0 Å². The van der Waals surface area contributed by atoms with E-state index >= 15 is 0 Å². The fourth-order valence-electron chi connectivity index (χ4n) is 2.65. The zero-order chi connectivity index (χ0) is 42.9. The molecule has 0 aromatic rings. The fraction of sp³-hybridized carbons (Fsp3) is 0.921. The third-order valence-electron chi connectivity index (χ3n) is 6.57. The van der Waals surface area contributed by atoms with Crippen LogP contribution in [0.1, 0.15) is 135 Å². The van der Waals surface area contributed by atoms with E-state index < -0.39 is 4.75 Å². The van der Waals surface area contributed by atoms with Crippen molar-refractivity contribution in [2.45, 2.75) is 174 Å². The van der Waals surface area contributed by atoms with Gasteiger partial charge in [-0.3, -0.25) is 14.4 Å². The molecule has 0 spiro atoms. The van der Waals surface area contributed by atoms with Gasteiger partial charge in [-0.1, -0.05) is 47.5 Å². The lowest BCUT2D eigenvalue weighted by atomic mass is 10.1. The van der Waals surface area contributed by atoms with E-state index in [0.717, 1.165) is 37.2 Å². The van der Waals surface area contributed by atoms with Crippen LogP contribution in [-0.2, 0) is 14.4 Å². The van der Waals surface area contributed by atoms with E-state index in [1.54, 1.807) is 20.8 Å². The molecule has 5 unspecified atom stereocenters. The maximum absolute atomic E-state index is 10.4. The van der Waals surface area contributed by atoms with Gasteiger partial charge in [0.15, 0.2) is 0 Å². The van der Waals surface area contributed by atoms with Gasteiger partial charge < -0.3 is 21.3 Å². The summed E-state index contributed by atoms with van der Waals surface area (Å²) in [6.07, 6.45) is 7.57. The molecular formula is C38H88N4O3S7. The number of carbonyl (C=O) groups excluding carboxylic acids is 3. The van der Waals surface area contributed by atoms with E-state index in [4.69, 9.17) is 0 Å². The minimum absolute atomic E-state index is 0.0926. The summed E-state index contributed by atoms with van der Waals surface area (Å²) in [5.74, 6) is 2.57. The molecule has 320 valence electrons. The van der Waals surface area contributed by atoms with Crippen molar-refractivity contribution < 1.29 is 14.4 Å². The minimum Gasteiger partial charge on any atom is -0.319 e. The van der Waals surface area contributed by atoms with Crippen molar-refractivity contribution in [3.63, 3.8) is 0 Å². The predicted octanol–water partition coefficient (Wildman–Crippen LogP) is 8.68. The van der Waals surface area contributed by atoms with Gasteiger partial charge in [0.05, 0.1) is 10.00 Å². The van der Waals surface area contributed by atoms with Gasteiger partial charge in [-0.2, -0.15) is 88.4 Å². The highest BCUT2D eigenvalue weighted by Crippen LogP contribution is 2.12. The second kappa shape index (κ2) is 48.4. The molecule has 7 nitrogen and oxygen atoms in total. The van der Waals surface area contributed by atoms with Crippen molar-refractivity contribution in [3.8, 4) is 0 Å². The van der Waals surface area contributed by atoms with Crippen LogP contribution in [0.3, 0.4) is 0 Å². The Balaban J connectivity index is -0.0000000930. The van der Waals surface area contributed by atoms with Crippen molar-refractivity contribution in [1.29, 1.82) is 0 Å². The monoisotopic (exact) mass is 872 g/mol. The van der Waals surface area contributed by atoms with Crippen LogP contribution in [0.4, 0.5) is 0 Å². The number of hydrogen-bond acceptors (Lipinski definition) is 14. The summed E-state index contributed by atoms with van der Waals surface area (Å²) in [6, 6.07) is 1.95. The largest absolute Gasteiger partial charge is 0.319 e. The molecule has 0 amide bonds. The smallest absolute Gasteiger partial charge is 0.144 e. The molecule has 0 fully saturated rings. The van der Waals surface area contributed by atoms with E-state index in [-0.39, 0.29) is 27.3 Å². The van der Waals surface area contributed by atoms with Gasteiger partial charge in [-0.15, -0.1) is 0 Å². The van der Waals surface area contributed by atoms with Gasteiger partial charge in [-0.05, 0) is 102 Å². The highest BCUT2D eigenvalue weighted by Gasteiger charge is 2.16. The van der Waals surface area contributed by atoms with Gasteiger partial charge in [0.25, 0.3) is 0 Å². The van der Waals surface area contributed by atoms with Gasteiger partial charge >= 0.3 is 0 Å². The first kappa shape index (κ1) is 68.0. The predicted molar refractivity (Wildman–Crippen MR) is 263 cm³/mol. The number of hydrogen-bond donors (Lipinski definition) is 11. The topological polar surface area (TPSA) is 99.3 Å². The van der Waals surface area contributed by atoms with Gasteiger partial charge in [-0.25, -0.2) is 0 Å². The number of rotatable bonds is 19. The van der Waals surface area contributed by atoms with Crippen LogP contribution in [0.2, 0.25) is 0 Å². The first-order valence-electron chi connectivity index (χ1n) is 18.7.